The van der Waals surface area contributed by atoms with Gasteiger partial charge in [0.15, 0.2) is 5.69 Å². The summed E-state index contributed by atoms with van der Waals surface area (Å²) < 4.78 is 6.55. The summed E-state index contributed by atoms with van der Waals surface area (Å²) in [6.45, 7) is 2.67. The minimum atomic E-state index is -0.358. The van der Waals surface area contributed by atoms with E-state index in [0.29, 0.717) is 18.7 Å². The third kappa shape index (κ3) is 4.15. The van der Waals surface area contributed by atoms with E-state index in [0.717, 1.165) is 5.56 Å². The largest absolute Gasteiger partial charge is 0.383 e. The van der Waals surface area contributed by atoms with Crippen LogP contribution in [-0.2, 0) is 4.74 Å². The highest BCUT2D eigenvalue weighted by Gasteiger charge is 2.22. The first kappa shape index (κ1) is 18.6. The number of aromatic nitrogens is 2. The zero-order valence-electron chi connectivity index (χ0n) is 15.3. The monoisotopic (exact) mass is 366 g/mol. The molecule has 2 aromatic heterocycles. The number of nitrogens with zero attached hydrogens (tertiary/aromatic N) is 2. The lowest BCUT2D eigenvalue weighted by Gasteiger charge is -2.13. The van der Waals surface area contributed by atoms with Crippen molar-refractivity contribution in [3.63, 3.8) is 0 Å². The Morgan fingerprint density at radius 1 is 1.11 bits per heavy atom. The van der Waals surface area contributed by atoms with Crippen LogP contribution in [0.5, 0.6) is 0 Å². The summed E-state index contributed by atoms with van der Waals surface area (Å²) in [6.07, 6.45) is 1.71. The van der Waals surface area contributed by atoms with Crippen LogP contribution in [0, 0.1) is 0 Å². The maximum absolute atomic E-state index is 12.8. The quantitative estimate of drug-likeness (QED) is 0.628. The number of ether oxygens (including phenoxy) is 1. The molecule has 7 nitrogen and oxygen atoms in total. The second-order valence-electron chi connectivity index (χ2n) is 6.09. The molecule has 2 amide bonds. The molecule has 1 atom stereocenters. The number of carbonyl (C=O) groups is 2. The van der Waals surface area contributed by atoms with Gasteiger partial charge in [-0.3, -0.25) is 14.0 Å². The van der Waals surface area contributed by atoms with E-state index >= 15 is 0 Å². The van der Waals surface area contributed by atoms with Gasteiger partial charge in [-0.2, -0.15) is 0 Å². The molecule has 1 aromatic carbocycles. The Kier molecular flexibility index (Phi) is 5.83. The molecule has 0 fully saturated rings. The highest BCUT2D eigenvalue weighted by molar-refractivity contribution is 6.02. The molecule has 3 rings (SSSR count). The fourth-order valence-electron chi connectivity index (χ4n) is 2.80. The van der Waals surface area contributed by atoms with Gasteiger partial charge in [-0.05, 0) is 24.6 Å². The van der Waals surface area contributed by atoms with Crippen molar-refractivity contribution in [1.82, 2.24) is 20.0 Å². The molecule has 0 spiro atoms. The topological polar surface area (TPSA) is 84.7 Å². The predicted octanol–water partition coefficient (Wildman–Crippen LogP) is 2.20. The van der Waals surface area contributed by atoms with Gasteiger partial charge in [-0.1, -0.05) is 36.4 Å². The number of rotatable bonds is 7. The van der Waals surface area contributed by atoms with Gasteiger partial charge in [-0.25, -0.2) is 4.98 Å². The molecule has 3 aromatic rings. The van der Waals surface area contributed by atoms with Crippen LogP contribution in [0.2, 0.25) is 0 Å². The molecule has 7 heteroatoms. The number of pyridine rings is 1. The summed E-state index contributed by atoms with van der Waals surface area (Å²) in [6, 6.07) is 14.8. The van der Waals surface area contributed by atoms with E-state index in [1.165, 1.54) is 0 Å². The molecule has 0 saturated heterocycles. The van der Waals surface area contributed by atoms with Crippen LogP contribution >= 0.6 is 0 Å². The van der Waals surface area contributed by atoms with E-state index in [-0.39, 0.29) is 29.4 Å². The summed E-state index contributed by atoms with van der Waals surface area (Å²) in [5.74, 6) is -0.520. The Morgan fingerprint density at radius 3 is 2.59 bits per heavy atom. The molecule has 0 aliphatic heterocycles. The number of benzene rings is 1. The van der Waals surface area contributed by atoms with Crippen LogP contribution in [0.25, 0.3) is 5.52 Å². The van der Waals surface area contributed by atoms with Gasteiger partial charge in [0.2, 0.25) is 5.82 Å². The molecule has 0 aliphatic rings. The SMILES string of the molecule is COCCNC(=O)c1nc(C(=O)NC(C)c2ccccc2)c2ccccn12. The zero-order valence-corrected chi connectivity index (χ0v) is 15.3. The van der Waals surface area contributed by atoms with Gasteiger partial charge in [0.05, 0.1) is 18.2 Å². The standard InChI is InChI=1S/C20H22N4O3/c1-14(15-8-4-3-5-9-15)22-19(25)17-16-10-6-7-12-24(16)18(23-17)20(26)21-11-13-27-2/h3-10,12,14H,11,13H2,1-2H3,(H,21,26)(H,22,25). The highest BCUT2D eigenvalue weighted by atomic mass is 16.5. The molecule has 0 bridgehead atoms. The minimum Gasteiger partial charge on any atom is -0.383 e. The number of nitrogens with one attached hydrogen (secondary N) is 2. The average Bonchev–Trinajstić information content (AvgIpc) is 3.09. The van der Waals surface area contributed by atoms with Gasteiger partial charge in [0, 0.05) is 19.9 Å². The van der Waals surface area contributed by atoms with Gasteiger partial charge in [-0.15, -0.1) is 0 Å². The number of hydrogen-bond acceptors (Lipinski definition) is 4. The van der Waals surface area contributed by atoms with E-state index in [4.69, 9.17) is 4.74 Å². The van der Waals surface area contributed by atoms with Crippen molar-refractivity contribution in [3.05, 3.63) is 71.8 Å². The number of imidazole rings is 1. The number of methoxy groups -OCH3 is 1. The highest BCUT2D eigenvalue weighted by Crippen LogP contribution is 2.16. The average molecular weight is 366 g/mol. The molecule has 0 radical (unpaired) electrons. The summed E-state index contributed by atoms with van der Waals surface area (Å²) in [7, 11) is 1.56. The smallest absolute Gasteiger partial charge is 0.287 e. The van der Waals surface area contributed by atoms with E-state index in [2.05, 4.69) is 15.6 Å². The number of amides is 2. The molecule has 2 heterocycles. The van der Waals surface area contributed by atoms with Gasteiger partial charge in [0.1, 0.15) is 0 Å². The van der Waals surface area contributed by atoms with Crippen molar-refractivity contribution in [2.45, 2.75) is 13.0 Å². The van der Waals surface area contributed by atoms with Crippen LogP contribution in [0.15, 0.2) is 54.7 Å². The number of carbonyl (C=O) groups excluding carboxylic acids is 2. The van der Waals surface area contributed by atoms with Crippen LogP contribution in [0.3, 0.4) is 0 Å². The molecule has 2 N–H and O–H groups in total. The van der Waals surface area contributed by atoms with Crippen molar-refractivity contribution in [2.24, 2.45) is 0 Å². The summed E-state index contributed by atoms with van der Waals surface area (Å²) in [4.78, 5) is 29.5. The third-order valence-corrected chi connectivity index (χ3v) is 4.21. The van der Waals surface area contributed by atoms with Crippen molar-refractivity contribution in [1.29, 1.82) is 0 Å². The van der Waals surface area contributed by atoms with Crippen molar-refractivity contribution in [3.8, 4) is 0 Å². The number of hydrogen-bond donors (Lipinski definition) is 2. The summed E-state index contributed by atoms with van der Waals surface area (Å²) in [5, 5.41) is 5.67. The Morgan fingerprint density at radius 2 is 1.85 bits per heavy atom. The van der Waals surface area contributed by atoms with E-state index in [9.17, 15) is 9.59 Å². The Balaban J connectivity index is 1.86. The second-order valence-corrected chi connectivity index (χ2v) is 6.09. The normalized spacial score (nSPS) is 11.9. The van der Waals surface area contributed by atoms with E-state index < -0.39 is 0 Å². The Hall–Kier alpha value is -3.19. The first-order valence-corrected chi connectivity index (χ1v) is 8.72. The molecule has 0 aliphatic carbocycles. The maximum atomic E-state index is 12.8. The lowest BCUT2D eigenvalue weighted by Crippen LogP contribution is -2.29. The fourth-order valence-corrected chi connectivity index (χ4v) is 2.80. The van der Waals surface area contributed by atoms with Crippen LogP contribution in [0.4, 0.5) is 0 Å². The van der Waals surface area contributed by atoms with Crippen molar-refractivity contribution in [2.75, 3.05) is 20.3 Å². The first-order valence-electron chi connectivity index (χ1n) is 8.72. The lowest BCUT2D eigenvalue weighted by molar-refractivity contribution is 0.0926. The number of fused-ring (bicyclic) bond motifs is 1. The minimum absolute atomic E-state index is 0.166. The van der Waals surface area contributed by atoms with Crippen LogP contribution in [0.1, 0.15) is 39.6 Å². The fraction of sp³-hybridized carbons (Fsp3) is 0.250. The maximum Gasteiger partial charge on any atom is 0.287 e. The lowest BCUT2D eigenvalue weighted by atomic mass is 10.1. The van der Waals surface area contributed by atoms with Gasteiger partial charge >= 0.3 is 0 Å². The Labute approximate surface area is 157 Å². The molecule has 140 valence electrons. The molecular formula is C20H22N4O3. The first-order chi connectivity index (χ1) is 13.1. The van der Waals surface area contributed by atoms with Crippen LogP contribution < -0.4 is 10.6 Å². The molecule has 1 unspecified atom stereocenters. The second kappa shape index (κ2) is 8.46. The molecular weight excluding hydrogens is 344 g/mol. The van der Waals surface area contributed by atoms with Crippen molar-refractivity contribution < 1.29 is 14.3 Å². The van der Waals surface area contributed by atoms with Crippen molar-refractivity contribution >= 4 is 17.3 Å². The van der Waals surface area contributed by atoms with Gasteiger partial charge < -0.3 is 15.4 Å². The summed E-state index contributed by atoms with van der Waals surface area (Å²) >= 11 is 0. The predicted molar refractivity (Wildman–Crippen MR) is 102 cm³/mol. The third-order valence-electron chi connectivity index (χ3n) is 4.21. The van der Waals surface area contributed by atoms with Gasteiger partial charge in [0.25, 0.3) is 11.8 Å². The summed E-state index contributed by atoms with van der Waals surface area (Å²) in [5.41, 5.74) is 1.79. The van der Waals surface area contributed by atoms with E-state index in [1.807, 2.05) is 37.3 Å². The molecule has 27 heavy (non-hydrogen) atoms. The Bertz CT molecular complexity index is 937. The zero-order chi connectivity index (χ0) is 19.2. The van der Waals surface area contributed by atoms with Crippen LogP contribution in [-0.4, -0.2) is 41.5 Å². The van der Waals surface area contributed by atoms with E-state index in [1.54, 1.807) is 35.9 Å². The molecule has 0 saturated carbocycles.